The molecule has 21 heavy (non-hydrogen) atoms. The van der Waals surface area contributed by atoms with E-state index in [-0.39, 0.29) is 5.91 Å². The van der Waals surface area contributed by atoms with E-state index < -0.39 is 0 Å². The van der Waals surface area contributed by atoms with Crippen LogP contribution < -0.4 is 5.32 Å². The van der Waals surface area contributed by atoms with E-state index in [9.17, 15) is 4.79 Å². The number of aromatic nitrogens is 1. The lowest BCUT2D eigenvalue weighted by Gasteiger charge is -2.38. The second-order valence-corrected chi connectivity index (χ2v) is 6.42. The van der Waals surface area contributed by atoms with E-state index in [0.29, 0.717) is 24.2 Å². The SMILES string of the molecule is CN1CCCC(CNC(=O)c2ccon2)C1c1cccs1. The molecular formula is C15H19N3O2S. The third kappa shape index (κ3) is 3.16. The number of rotatable bonds is 4. The molecular weight excluding hydrogens is 286 g/mol. The molecule has 0 radical (unpaired) electrons. The van der Waals surface area contributed by atoms with Gasteiger partial charge in [0.15, 0.2) is 5.69 Å². The van der Waals surface area contributed by atoms with Crippen molar-refractivity contribution in [1.82, 2.24) is 15.4 Å². The molecule has 6 heteroatoms. The quantitative estimate of drug-likeness (QED) is 0.943. The fraction of sp³-hybridized carbons (Fsp3) is 0.467. The summed E-state index contributed by atoms with van der Waals surface area (Å²) < 4.78 is 4.71. The van der Waals surface area contributed by atoms with Crippen LogP contribution in [0.3, 0.4) is 0 Å². The van der Waals surface area contributed by atoms with Crippen molar-refractivity contribution < 1.29 is 9.32 Å². The third-order valence-corrected chi connectivity index (χ3v) is 4.98. The van der Waals surface area contributed by atoms with E-state index in [4.69, 9.17) is 4.52 Å². The standard InChI is InChI=1S/C15H19N3O2S/c1-18-7-2-4-11(14(18)13-5-3-9-21-13)10-16-15(19)12-6-8-20-17-12/h3,5-6,8-9,11,14H,2,4,7,10H2,1H3,(H,16,19). The Kier molecular flexibility index (Phi) is 4.36. The molecule has 1 N–H and O–H groups in total. The highest BCUT2D eigenvalue weighted by molar-refractivity contribution is 7.10. The number of amides is 1. The van der Waals surface area contributed by atoms with Gasteiger partial charge in [0.05, 0.1) is 0 Å². The number of carbonyl (C=O) groups excluding carboxylic acids is 1. The molecule has 1 saturated heterocycles. The lowest BCUT2D eigenvalue weighted by Crippen LogP contribution is -2.41. The molecule has 0 aliphatic carbocycles. The minimum absolute atomic E-state index is 0.165. The summed E-state index contributed by atoms with van der Waals surface area (Å²) in [5.74, 6) is 0.264. The van der Waals surface area contributed by atoms with Crippen LogP contribution in [0.2, 0.25) is 0 Å². The number of hydrogen-bond acceptors (Lipinski definition) is 5. The van der Waals surface area contributed by atoms with E-state index in [2.05, 4.69) is 39.9 Å². The minimum atomic E-state index is -0.165. The Morgan fingerprint density at radius 1 is 1.57 bits per heavy atom. The average Bonchev–Trinajstić information content (AvgIpc) is 3.17. The molecule has 1 aliphatic heterocycles. The van der Waals surface area contributed by atoms with Crippen LogP contribution in [-0.2, 0) is 0 Å². The van der Waals surface area contributed by atoms with Gasteiger partial charge in [0.2, 0.25) is 0 Å². The Morgan fingerprint density at radius 3 is 3.19 bits per heavy atom. The molecule has 1 fully saturated rings. The molecule has 0 saturated carbocycles. The third-order valence-electron chi connectivity index (χ3n) is 4.04. The lowest BCUT2D eigenvalue weighted by molar-refractivity contribution is 0.0887. The number of nitrogens with one attached hydrogen (secondary N) is 1. The Balaban J connectivity index is 1.66. The number of thiophene rings is 1. The first-order valence-corrected chi connectivity index (χ1v) is 8.06. The van der Waals surface area contributed by atoms with Crippen molar-refractivity contribution >= 4 is 17.2 Å². The molecule has 0 spiro atoms. The second-order valence-electron chi connectivity index (χ2n) is 5.44. The summed E-state index contributed by atoms with van der Waals surface area (Å²) in [4.78, 5) is 15.7. The Hall–Kier alpha value is -1.66. The first kappa shape index (κ1) is 14.3. The second kappa shape index (κ2) is 6.41. The summed E-state index contributed by atoms with van der Waals surface area (Å²) in [7, 11) is 2.16. The summed E-state index contributed by atoms with van der Waals surface area (Å²) in [6.45, 7) is 1.77. The van der Waals surface area contributed by atoms with E-state index in [1.807, 2.05) is 0 Å². The number of piperidine rings is 1. The molecule has 0 aromatic carbocycles. The minimum Gasteiger partial charge on any atom is -0.364 e. The van der Waals surface area contributed by atoms with Crippen LogP contribution in [0.25, 0.3) is 0 Å². The summed E-state index contributed by atoms with van der Waals surface area (Å²) in [6, 6.07) is 6.24. The molecule has 112 valence electrons. The fourth-order valence-electron chi connectivity index (χ4n) is 3.03. The van der Waals surface area contributed by atoms with Crippen molar-refractivity contribution in [1.29, 1.82) is 0 Å². The summed E-state index contributed by atoms with van der Waals surface area (Å²) in [6.07, 6.45) is 3.71. The summed E-state index contributed by atoms with van der Waals surface area (Å²) in [5.41, 5.74) is 0.340. The van der Waals surface area contributed by atoms with Crippen molar-refractivity contribution in [3.8, 4) is 0 Å². The maximum absolute atomic E-state index is 12.0. The maximum Gasteiger partial charge on any atom is 0.273 e. The fourth-order valence-corrected chi connectivity index (χ4v) is 4.01. The van der Waals surface area contributed by atoms with Gasteiger partial charge in [-0.2, -0.15) is 0 Å². The number of nitrogens with zero attached hydrogens (tertiary/aromatic N) is 2. The molecule has 3 heterocycles. The van der Waals surface area contributed by atoms with Gasteiger partial charge in [-0.3, -0.25) is 9.69 Å². The number of hydrogen-bond donors (Lipinski definition) is 1. The van der Waals surface area contributed by atoms with Crippen molar-refractivity contribution in [2.75, 3.05) is 20.1 Å². The highest BCUT2D eigenvalue weighted by Gasteiger charge is 2.31. The number of carbonyl (C=O) groups is 1. The van der Waals surface area contributed by atoms with Crippen LogP contribution in [0.1, 0.15) is 34.2 Å². The van der Waals surface area contributed by atoms with E-state index >= 15 is 0 Å². The van der Waals surface area contributed by atoms with Gasteiger partial charge in [-0.15, -0.1) is 11.3 Å². The largest absolute Gasteiger partial charge is 0.364 e. The molecule has 3 rings (SSSR count). The van der Waals surface area contributed by atoms with Crippen LogP contribution in [0.5, 0.6) is 0 Å². The van der Waals surface area contributed by atoms with Gasteiger partial charge in [0, 0.05) is 23.5 Å². The van der Waals surface area contributed by atoms with Gasteiger partial charge < -0.3 is 9.84 Å². The van der Waals surface area contributed by atoms with E-state index in [1.54, 1.807) is 17.4 Å². The first-order chi connectivity index (χ1) is 10.3. The molecule has 2 unspecified atom stereocenters. The highest BCUT2D eigenvalue weighted by atomic mass is 32.1. The predicted octanol–water partition coefficient (Wildman–Crippen LogP) is 2.55. The molecule has 1 amide bonds. The maximum atomic E-state index is 12.0. The predicted molar refractivity (Wildman–Crippen MR) is 81.3 cm³/mol. The Labute approximate surface area is 127 Å². The zero-order valence-electron chi connectivity index (χ0n) is 12.0. The lowest BCUT2D eigenvalue weighted by atomic mass is 9.88. The molecule has 0 bridgehead atoms. The van der Waals surface area contributed by atoms with Crippen LogP contribution in [0, 0.1) is 5.92 Å². The van der Waals surface area contributed by atoms with Gasteiger partial charge in [-0.1, -0.05) is 11.2 Å². The van der Waals surface area contributed by atoms with Gasteiger partial charge in [0.25, 0.3) is 5.91 Å². The van der Waals surface area contributed by atoms with Crippen LogP contribution in [0.4, 0.5) is 0 Å². The smallest absolute Gasteiger partial charge is 0.273 e. The highest BCUT2D eigenvalue weighted by Crippen LogP contribution is 2.36. The van der Waals surface area contributed by atoms with Crippen molar-refractivity contribution in [2.24, 2.45) is 5.92 Å². The first-order valence-electron chi connectivity index (χ1n) is 7.18. The monoisotopic (exact) mass is 305 g/mol. The zero-order valence-corrected chi connectivity index (χ0v) is 12.8. The van der Waals surface area contributed by atoms with Gasteiger partial charge >= 0.3 is 0 Å². The topological polar surface area (TPSA) is 58.4 Å². The molecule has 2 atom stereocenters. The Bertz CT molecular complexity index is 568. The van der Waals surface area contributed by atoms with Crippen molar-refractivity contribution in [2.45, 2.75) is 18.9 Å². The van der Waals surface area contributed by atoms with Crippen LogP contribution >= 0.6 is 11.3 Å². The van der Waals surface area contributed by atoms with E-state index in [0.717, 1.165) is 13.0 Å². The molecule has 2 aromatic rings. The van der Waals surface area contributed by atoms with Crippen LogP contribution in [0.15, 0.2) is 34.4 Å². The number of likely N-dealkylation sites (tertiary alicyclic amines) is 1. The molecule has 5 nitrogen and oxygen atoms in total. The zero-order chi connectivity index (χ0) is 14.7. The molecule has 2 aromatic heterocycles. The van der Waals surface area contributed by atoms with Crippen molar-refractivity contribution in [3.05, 3.63) is 40.4 Å². The van der Waals surface area contributed by atoms with Gasteiger partial charge in [-0.25, -0.2) is 0 Å². The normalized spacial score (nSPS) is 23.1. The molecule has 1 aliphatic rings. The van der Waals surface area contributed by atoms with Gasteiger partial charge in [0.1, 0.15) is 6.26 Å². The van der Waals surface area contributed by atoms with E-state index in [1.165, 1.54) is 17.6 Å². The summed E-state index contributed by atoms with van der Waals surface area (Å²) in [5, 5.41) is 8.77. The van der Waals surface area contributed by atoms with Crippen molar-refractivity contribution in [3.63, 3.8) is 0 Å². The average molecular weight is 305 g/mol. The van der Waals surface area contributed by atoms with Crippen LogP contribution in [-0.4, -0.2) is 36.1 Å². The Morgan fingerprint density at radius 2 is 2.48 bits per heavy atom. The van der Waals surface area contributed by atoms with Gasteiger partial charge in [-0.05, 0) is 43.8 Å². The summed E-state index contributed by atoms with van der Waals surface area (Å²) >= 11 is 1.79.